The van der Waals surface area contributed by atoms with Crippen LogP contribution in [0.1, 0.15) is 18.9 Å². The number of nitrogens with zero attached hydrogens (tertiary/aromatic N) is 2. The third-order valence-electron chi connectivity index (χ3n) is 2.46. The van der Waals surface area contributed by atoms with E-state index in [2.05, 4.69) is 4.74 Å². The first-order valence-electron chi connectivity index (χ1n) is 5.63. The van der Waals surface area contributed by atoms with Crippen LogP contribution in [0.5, 0.6) is 0 Å². The lowest BCUT2D eigenvalue weighted by Crippen LogP contribution is -2.31. The van der Waals surface area contributed by atoms with Crippen molar-refractivity contribution in [2.45, 2.75) is 13.3 Å². The van der Waals surface area contributed by atoms with E-state index in [0.717, 1.165) is 12.1 Å². The minimum atomic E-state index is -0.316. The Morgan fingerprint density at radius 2 is 2.28 bits per heavy atom. The van der Waals surface area contributed by atoms with Gasteiger partial charge in [0, 0.05) is 6.54 Å². The highest BCUT2D eigenvalue weighted by molar-refractivity contribution is 6.33. The first kappa shape index (κ1) is 14.3. The minimum absolute atomic E-state index is 0.149. The van der Waals surface area contributed by atoms with Crippen LogP contribution in [0.2, 0.25) is 5.02 Å². The first-order valence-corrected chi connectivity index (χ1v) is 6.01. The van der Waals surface area contributed by atoms with E-state index < -0.39 is 0 Å². The van der Waals surface area contributed by atoms with Crippen molar-refractivity contribution >= 4 is 23.3 Å². The van der Waals surface area contributed by atoms with Crippen LogP contribution in [0.3, 0.4) is 0 Å². The molecule has 1 aromatic rings. The summed E-state index contributed by atoms with van der Waals surface area (Å²) in [5.41, 5.74) is 1.24. The second-order valence-electron chi connectivity index (χ2n) is 3.78. The Kier molecular flexibility index (Phi) is 5.47. The predicted molar refractivity (Wildman–Crippen MR) is 70.7 cm³/mol. The van der Waals surface area contributed by atoms with E-state index >= 15 is 0 Å². The predicted octanol–water partition coefficient (Wildman–Crippen LogP) is 2.60. The summed E-state index contributed by atoms with van der Waals surface area (Å²) in [6, 6.07) is 7.05. The molecule has 0 heterocycles. The molecule has 0 unspecified atom stereocenters. The number of methoxy groups -OCH3 is 1. The monoisotopic (exact) mass is 266 g/mol. The zero-order chi connectivity index (χ0) is 13.5. The van der Waals surface area contributed by atoms with Gasteiger partial charge in [-0.05, 0) is 24.6 Å². The highest BCUT2D eigenvalue weighted by Crippen LogP contribution is 2.26. The van der Waals surface area contributed by atoms with Gasteiger partial charge in [0.25, 0.3) is 0 Å². The van der Waals surface area contributed by atoms with Crippen LogP contribution in [0.4, 0.5) is 5.69 Å². The number of halogens is 1. The Labute approximate surface area is 112 Å². The zero-order valence-corrected chi connectivity index (χ0v) is 11.2. The highest BCUT2D eigenvalue weighted by Gasteiger charge is 2.14. The molecule has 0 saturated carbocycles. The third kappa shape index (κ3) is 3.64. The van der Waals surface area contributed by atoms with E-state index in [9.17, 15) is 4.79 Å². The summed E-state index contributed by atoms with van der Waals surface area (Å²) < 4.78 is 4.66. The van der Waals surface area contributed by atoms with Gasteiger partial charge in [0.2, 0.25) is 0 Å². The Morgan fingerprint density at radius 3 is 2.78 bits per heavy atom. The number of ether oxygens (including phenoxy) is 1. The molecule has 0 aliphatic heterocycles. The molecule has 96 valence electrons. The number of anilines is 1. The van der Waals surface area contributed by atoms with Crippen LogP contribution in [0.15, 0.2) is 18.2 Å². The average Bonchev–Trinajstić information content (AvgIpc) is 2.38. The number of hydrogen-bond acceptors (Lipinski definition) is 4. The first-order chi connectivity index (χ1) is 8.62. The van der Waals surface area contributed by atoms with E-state index in [1.807, 2.05) is 17.9 Å². The molecular formula is C13H15ClN2O2. The van der Waals surface area contributed by atoms with Crippen molar-refractivity contribution in [3.05, 3.63) is 28.8 Å². The van der Waals surface area contributed by atoms with Crippen LogP contribution in [0, 0.1) is 11.3 Å². The van der Waals surface area contributed by atoms with Gasteiger partial charge < -0.3 is 9.64 Å². The normalized spacial score (nSPS) is 9.67. The molecule has 4 nitrogen and oxygen atoms in total. The van der Waals surface area contributed by atoms with Gasteiger partial charge in [-0.3, -0.25) is 4.79 Å². The van der Waals surface area contributed by atoms with Gasteiger partial charge in [-0.25, -0.2) is 0 Å². The molecule has 0 aliphatic carbocycles. The molecule has 0 amide bonds. The molecule has 5 heteroatoms. The van der Waals surface area contributed by atoms with Crippen molar-refractivity contribution in [1.82, 2.24) is 0 Å². The van der Waals surface area contributed by atoms with Crippen LogP contribution in [-0.4, -0.2) is 26.2 Å². The average molecular weight is 267 g/mol. The lowest BCUT2D eigenvalue weighted by atomic mass is 10.2. The van der Waals surface area contributed by atoms with E-state index in [-0.39, 0.29) is 12.5 Å². The van der Waals surface area contributed by atoms with E-state index in [0.29, 0.717) is 17.1 Å². The van der Waals surface area contributed by atoms with Crippen LogP contribution in [-0.2, 0) is 9.53 Å². The summed E-state index contributed by atoms with van der Waals surface area (Å²) in [5.74, 6) is -0.316. The van der Waals surface area contributed by atoms with Gasteiger partial charge >= 0.3 is 5.97 Å². The van der Waals surface area contributed by atoms with Crippen molar-refractivity contribution in [3.63, 3.8) is 0 Å². The van der Waals surface area contributed by atoms with Gasteiger partial charge in [-0.2, -0.15) is 5.26 Å². The number of nitriles is 1. The van der Waals surface area contributed by atoms with E-state index in [1.54, 1.807) is 18.2 Å². The number of carbonyl (C=O) groups excluding carboxylic acids is 1. The van der Waals surface area contributed by atoms with Crippen molar-refractivity contribution in [2.75, 3.05) is 25.1 Å². The summed E-state index contributed by atoms with van der Waals surface area (Å²) in [6.45, 7) is 2.86. The fourth-order valence-electron chi connectivity index (χ4n) is 1.61. The van der Waals surface area contributed by atoms with Gasteiger partial charge in [0.05, 0.1) is 29.5 Å². The van der Waals surface area contributed by atoms with Crippen LogP contribution >= 0.6 is 11.6 Å². The maximum absolute atomic E-state index is 11.3. The quantitative estimate of drug-likeness (QED) is 0.769. The molecule has 0 fully saturated rings. The maximum atomic E-state index is 11.3. The van der Waals surface area contributed by atoms with Crippen molar-refractivity contribution < 1.29 is 9.53 Å². The molecule has 18 heavy (non-hydrogen) atoms. The number of benzene rings is 1. The molecule has 0 radical (unpaired) electrons. The highest BCUT2D eigenvalue weighted by atomic mass is 35.5. The SMILES string of the molecule is CCCN(CC(=O)OC)c1ccc(C#N)cc1Cl. The van der Waals surface area contributed by atoms with Crippen LogP contribution < -0.4 is 4.90 Å². The maximum Gasteiger partial charge on any atom is 0.325 e. The number of esters is 1. The van der Waals surface area contributed by atoms with Crippen molar-refractivity contribution in [1.29, 1.82) is 5.26 Å². The molecule has 0 saturated heterocycles. The van der Waals surface area contributed by atoms with E-state index in [4.69, 9.17) is 16.9 Å². The molecule has 0 spiro atoms. The summed E-state index contributed by atoms with van der Waals surface area (Å²) in [4.78, 5) is 13.2. The lowest BCUT2D eigenvalue weighted by Gasteiger charge is -2.24. The lowest BCUT2D eigenvalue weighted by molar-refractivity contribution is -0.138. The topological polar surface area (TPSA) is 53.3 Å². The summed E-state index contributed by atoms with van der Waals surface area (Å²) in [5, 5.41) is 9.25. The standard InChI is InChI=1S/C13H15ClN2O2/c1-3-6-16(9-13(17)18-2)12-5-4-10(8-15)7-11(12)14/h4-5,7H,3,6,9H2,1-2H3. The molecule has 1 rings (SSSR count). The smallest absolute Gasteiger partial charge is 0.325 e. The number of rotatable bonds is 5. The fraction of sp³-hybridized carbons (Fsp3) is 0.385. The van der Waals surface area contributed by atoms with Gasteiger partial charge in [-0.15, -0.1) is 0 Å². The summed E-state index contributed by atoms with van der Waals surface area (Å²) >= 11 is 6.12. The minimum Gasteiger partial charge on any atom is -0.468 e. The summed E-state index contributed by atoms with van der Waals surface area (Å²) in [7, 11) is 1.35. The van der Waals surface area contributed by atoms with Crippen molar-refractivity contribution in [2.24, 2.45) is 0 Å². The molecule has 1 aromatic carbocycles. The Hall–Kier alpha value is -1.73. The van der Waals surface area contributed by atoms with Crippen molar-refractivity contribution in [3.8, 4) is 6.07 Å². The molecule has 0 N–H and O–H groups in total. The second-order valence-corrected chi connectivity index (χ2v) is 4.18. The fourth-order valence-corrected chi connectivity index (χ4v) is 1.91. The number of hydrogen-bond donors (Lipinski definition) is 0. The Bertz CT molecular complexity index is 469. The number of carbonyl (C=O) groups is 1. The van der Waals surface area contributed by atoms with Gasteiger partial charge in [0.1, 0.15) is 6.54 Å². The van der Waals surface area contributed by atoms with Gasteiger partial charge in [-0.1, -0.05) is 18.5 Å². The zero-order valence-electron chi connectivity index (χ0n) is 10.4. The Morgan fingerprint density at radius 1 is 1.56 bits per heavy atom. The molecule has 0 aliphatic rings. The largest absolute Gasteiger partial charge is 0.468 e. The summed E-state index contributed by atoms with van der Waals surface area (Å²) in [6.07, 6.45) is 0.882. The molecular weight excluding hydrogens is 252 g/mol. The Balaban J connectivity index is 2.98. The van der Waals surface area contributed by atoms with Gasteiger partial charge in [0.15, 0.2) is 0 Å². The molecule has 0 atom stereocenters. The second kappa shape index (κ2) is 6.87. The molecule has 0 aromatic heterocycles. The van der Waals surface area contributed by atoms with Crippen LogP contribution in [0.25, 0.3) is 0 Å². The molecule has 0 bridgehead atoms. The third-order valence-corrected chi connectivity index (χ3v) is 2.76. The van der Waals surface area contributed by atoms with E-state index in [1.165, 1.54) is 7.11 Å².